The van der Waals surface area contributed by atoms with Gasteiger partial charge in [0.25, 0.3) is 11.6 Å². The van der Waals surface area contributed by atoms with Gasteiger partial charge in [-0.3, -0.25) is 14.9 Å². The lowest BCUT2D eigenvalue weighted by molar-refractivity contribution is -0.384. The van der Waals surface area contributed by atoms with Gasteiger partial charge in [0.15, 0.2) is 6.10 Å². The molecule has 1 amide bonds. The molecule has 0 aliphatic carbocycles. The van der Waals surface area contributed by atoms with Crippen molar-refractivity contribution >= 4 is 11.6 Å². The van der Waals surface area contributed by atoms with Crippen LogP contribution in [0.1, 0.15) is 25.5 Å². The number of rotatable bonds is 5. The molecule has 0 aromatic heterocycles. The summed E-state index contributed by atoms with van der Waals surface area (Å²) in [6.45, 7) is 5.09. The molecule has 0 unspecified atom stereocenters. The maximum atomic E-state index is 12.0. The fraction of sp³-hybridized carbons (Fsp3) is 0.462. The van der Waals surface area contributed by atoms with E-state index in [9.17, 15) is 14.9 Å². The average molecular weight is 264 g/mol. The number of nitro groups is 1. The molecule has 19 heavy (non-hydrogen) atoms. The largest absolute Gasteiger partial charge is 0.354 e. The highest BCUT2D eigenvalue weighted by atomic mass is 16.6. The van der Waals surface area contributed by atoms with Crippen molar-refractivity contribution in [3.8, 4) is 0 Å². The minimum atomic E-state index is -0.498. The summed E-state index contributed by atoms with van der Waals surface area (Å²) in [6, 6.07) is 6.23. The quantitative estimate of drug-likeness (QED) is 0.462. The number of hydrogen-bond acceptors (Lipinski definition) is 4. The van der Waals surface area contributed by atoms with Crippen LogP contribution in [-0.4, -0.2) is 34.9 Å². The van der Waals surface area contributed by atoms with Gasteiger partial charge in [-0.1, -0.05) is 12.1 Å². The van der Waals surface area contributed by atoms with E-state index in [0.29, 0.717) is 18.7 Å². The molecule has 1 aromatic rings. The van der Waals surface area contributed by atoms with Crippen LogP contribution in [0, 0.1) is 10.1 Å². The Morgan fingerprint density at radius 1 is 1.42 bits per heavy atom. The lowest BCUT2D eigenvalue weighted by Crippen LogP contribution is -2.34. The summed E-state index contributed by atoms with van der Waals surface area (Å²) in [5.41, 5.74) is 0.696. The molecule has 0 radical (unpaired) electrons. The molecule has 1 heterocycles. The number of epoxide rings is 1. The van der Waals surface area contributed by atoms with E-state index in [1.54, 1.807) is 17.0 Å². The van der Waals surface area contributed by atoms with E-state index in [0.717, 1.165) is 0 Å². The Kier molecular flexibility index (Phi) is 3.80. The third-order valence-electron chi connectivity index (χ3n) is 3.22. The maximum Gasteiger partial charge on any atom is 0.269 e. The fourth-order valence-electron chi connectivity index (χ4n) is 2.08. The van der Waals surface area contributed by atoms with Crippen molar-refractivity contribution in [1.82, 2.24) is 4.90 Å². The van der Waals surface area contributed by atoms with Gasteiger partial charge in [0.05, 0.1) is 4.92 Å². The van der Waals surface area contributed by atoms with Crippen LogP contribution < -0.4 is 0 Å². The van der Waals surface area contributed by atoms with Gasteiger partial charge < -0.3 is 9.64 Å². The Bertz CT molecular complexity index is 499. The first-order chi connectivity index (χ1) is 9.08. The van der Waals surface area contributed by atoms with E-state index in [1.807, 2.05) is 13.8 Å². The van der Waals surface area contributed by atoms with Crippen molar-refractivity contribution in [3.05, 3.63) is 39.9 Å². The predicted octanol–water partition coefficient (Wildman–Crippen LogP) is 1.90. The summed E-state index contributed by atoms with van der Waals surface area (Å²) in [7, 11) is 0. The molecule has 2 atom stereocenters. The standard InChI is InChI=1S/C13H16N2O4/c1-3-14(4-2)13(16)12-11(19-12)9-6-5-7-10(8-9)15(17)18/h5-8,11-12H,3-4H2,1-2H3/t11-,12-/m0/s1. The smallest absolute Gasteiger partial charge is 0.269 e. The molecule has 2 rings (SSSR count). The highest BCUT2D eigenvalue weighted by molar-refractivity contribution is 5.84. The van der Waals surface area contributed by atoms with Crippen LogP contribution in [0.4, 0.5) is 5.69 Å². The molecule has 0 spiro atoms. The number of amides is 1. The van der Waals surface area contributed by atoms with Gasteiger partial charge in [-0.2, -0.15) is 0 Å². The third-order valence-corrected chi connectivity index (χ3v) is 3.22. The summed E-state index contributed by atoms with van der Waals surface area (Å²) < 4.78 is 5.37. The second-order valence-electron chi connectivity index (χ2n) is 4.34. The van der Waals surface area contributed by atoms with E-state index in [2.05, 4.69) is 0 Å². The third kappa shape index (κ3) is 2.73. The minimum absolute atomic E-state index is 0.0158. The van der Waals surface area contributed by atoms with Gasteiger partial charge >= 0.3 is 0 Å². The molecule has 102 valence electrons. The van der Waals surface area contributed by atoms with Crippen molar-refractivity contribution in [3.63, 3.8) is 0 Å². The highest BCUT2D eigenvalue weighted by Gasteiger charge is 2.47. The maximum absolute atomic E-state index is 12.0. The molecule has 6 heteroatoms. The lowest BCUT2D eigenvalue weighted by atomic mass is 10.1. The van der Waals surface area contributed by atoms with Crippen LogP contribution >= 0.6 is 0 Å². The molecule has 1 aromatic carbocycles. The number of non-ortho nitro benzene ring substituents is 1. The number of nitro benzene ring substituents is 1. The van der Waals surface area contributed by atoms with Gasteiger partial charge in [-0.05, 0) is 19.4 Å². The van der Waals surface area contributed by atoms with Crippen molar-refractivity contribution < 1.29 is 14.5 Å². The number of likely N-dealkylation sites (N-methyl/N-ethyl adjacent to an activating group) is 1. The van der Waals surface area contributed by atoms with Crippen molar-refractivity contribution in [2.24, 2.45) is 0 Å². The van der Waals surface area contributed by atoms with Crippen LogP contribution in [0.25, 0.3) is 0 Å². The summed E-state index contributed by atoms with van der Waals surface area (Å²) >= 11 is 0. The van der Waals surface area contributed by atoms with E-state index in [4.69, 9.17) is 4.74 Å². The van der Waals surface area contributed by atoms with Crippen LogP contribution in [0.3, 0.4) is 0 Å². The van der Waals surface area contributed by atoms with Gasteiger partial charge in [0.2, 0.25) is 0 Å². The zero-order chi connectivity index (χ0) is 14.0. The molecular weight excluding hydrogens is 248 g/mol. The van der Waals surface area contributed by atoms with E-state index < -0.39 is 11.0 Å². The molecule has 1 aliphatic heterocycles. The van der Waals surface area contributed by atoms with Crippen molar-refractivity contribution in [1.29, 1.82) is 0 Å². The second kappa shape index (κ2) is 5.36. The highest BCUT2D eigenvalue weighted by Crippen LogP contribution is 2.40. The van der Waals surface area contributed by atoms with Gasteiger partial charge in [0.1, 0.15) is 6.10 Å². The average Bonchev–Trinajstić information content (AvgIpc) is 3.20. The van der Waals surface area contributed by atoms with E-state index in [1.165, 1.54) is 12.1 Å². The number of ether oxygens (including phenoxy) is 1. The molecule has 0 bridgehead atoms. The first-order valence-electron chi connectivity index (χ1n) is 6.27. The normalized spacial score (nSPS) is 20.9. The SMILES string of the molecule is CCN(CC)C(=O)[C@H]1O[C@H]1c1cccc([N+](=O)[O-])c1. The van der Waals surface area contributed by atoms with Crippen LogP contribution in [0.15, 0.2) is 24.3 Å². The van der Waals surface area contributed by atoms with Crippen LogP contribution in [-0.2, 0) is 9.53 Å². The van der Waals surface area contributed by atoms with Crippen molar-refractivity contribution in [2.45, 2.75) is 26.1 Å². The molecule has 0 saturated carbocycles. The number of hydrogen-bond donors (Lipinski definition) is 0. The minimum Gasteiger partial charge on any atom is -0.354 e. The van der Waals surface area contributed by atoms with Crippen molar-refractivity contribution in [2.75, 3.05) is 13.1 Å². The summed E-state index contributed by atoms with van der Waals surface area (Å²) in [4.78, 5) is 24.0. The number of benzene rings is 1. The zero-order valence-corrected chi connectivity index (χ0v) is 10.9. The fourth-order valence-corrected chi connectivity index (χ4v) is 2.08. The van der Waals surface area contributed by atoms with Gasteiger partial charge in [-0.15, -0.1) is 0 Å². The van der Waals surface area contributed by atoms with Crippen LogP contribution in [0.2, 0.25) is 0 Å². The topological polar surface area (TPSA) is 76.0 Å². The van der Waals surface area contributed by atoms with E-state index >= 15 is 0 Å². The first-order valence-corrected chi connectivity index (χ1v) is 6.27. The predicted molar refractivity (Wildman–Crippen MR) is 68.6 cm³/mol. The van der Waals surface area contributed by atoms with E-state index in [-0.39, 0.29) is 17.7 Å². The van der Waals surface area contributed by atoms with Gasteiger partial charge in [-0.25, -0.2) is 0 Å². The Balaban J connectivity index is 2.08. The molecule has 1 saturated heterocycles. The summed E-state index contributed by atoms with van der Waals surface area (Å²) in [5.74, 6) is -0.0542. The van der Waals surface area contributed by atoms with Crippen LogP contribution in [0.5, 0.6) is 0 Å². The lowest BCUT2D eigenvalue weighted by Gasteiger charge is -2.16. The first kappa shape index (κ1) is 13.5. The monoisotopic (exact) mass is 264 g/mol. The second-order valence-corrected chi connectivity index (χ2v) is 4.34. The number of carbonyl (C=O) groups excluding carboxylic acids is 1. The Morgan fingerprint density at radius 2 is 2.11 bits per heavy atom. The molecular formula is C13H16N2O4. The molecule has 6 nitrogen and oxygen atoms in total. The van der Waals surface area contributed by atoms with Gasteiger partial charge in [0, 0.05) is 25.2 Å². The molecule has 1 fully saturated rings. The Labute approximate surface area is 111 Å². The summed E-state index contributed by atoms with van der Waals surface area (Å²) in [5, 5.41) is 10.7. The number of nitrogens with zero attached hydrogens (tertiary/aromatic N) is 2. The summed E-state index contributed by atoms with van der Waals surface area (Å²) in [6.07, 6.45) is -0.852. The Morgan fingerprint density at radius 3 is 2.68 bits per heavy atom. The number of carbonyl (C=O) groups is 1. The molecule has 0 N–H and O–H groups in total. The zero-order valence-electron chi connectivity index (χ0n) is 10.9. The molecule has 1 aliphatic rings. The Hall–Kier alpha value is -1.95.